The normalized spacial score (nSPS) is 14.0. The number of ether oxygens (including phenoxy) is 1. The molecule has 3 aromatic rings. The summed E-state index contributed by atoms with van der Waals surface area (Å²) < 4.78 is 5.71. The number of rotatable bonds is 7. The van der Waals surface area contributed by atoms with Crippen LogP contribution in [-0.4, -0.2) is 53.8 Å². The molecule has 1 amide bonds. The number of aromatic nitrogens is 2. The Hall–Kier alpha value is -3.28. The minimum atomic E-state index is 0.00169. The second-order valence-corrected chi connectivity index (χ2v) is 8.01. The highest BCUT2D eigenvalue weighted by Gasteiger charge is 2.23. The largest absolute Gasteiger partial charge is 0.494 e. The maximum Gasteiger partial charge on any atom is 0.272 e. The zero-order valence-corrected chi connectivity index (χ0v) is 18.3. The molecule has 2 heterocycles. The lowest BCUT2D eigenvalue weighted by Gasteiger charge is -2.36. The molecule has 6 heteroatoms. The van der Waals surface area contributed by atoms with Crippen LogP contribution in [0.1, 0.15) is 35.8 Å². The summed E-state index contributed by atoms with van der Waals surface area (Å²) in [5.74, 6) is 0.859. The molecule has 0 bridgehead atoms. The van der Waals surface area contributed by atoms with E-state index in [1.54, 1.807) is 0 Å². The first-order valence-corrected chi connectivity index (χ1v) is 11.0. The Morgan fingerprint density at radius 1 is 1.03 bits per heavy atom. The second-order valence-electron chi connectivity index (χ2n) is 8.01. The number of carbonyl (C=O) groups is 1. The quantitative estimate of drug-likeness (QED) is 0.573. The number of hydrogen-bond acceptors (Lipinski definition) is 4. The average molecular weight is 419 g/mol. The van der Waals surface area contributed by atoms with Crippen molar-refractivity contribution in [2.24, 2.45) is 0 Å². The number of carbonyl (C=O) groups excluding carboxylic acids is 1. The minimum absolute atomic E-state index is 0.00169. The maximum atomic E-state index is 12.9. The number of benzene rings is 2. The summed E-state index contributed by atoms with van der Waals surface area (Å²) >= 11 is 0. The fourth-order valence-electron chi connectivity index (χ4n) is 3.73. The molecule has 1 aliphatic rings. The highest BCUT2D eigenvalue weighted by Crippen LogP contribution is 2.23. The summed E-state index contributed by atoms with van der Waals surface area (Å²) in [6.07, 6.45) is 2.16. The predicted octanol–water partition coefficient (Wildman–Crippen LogP) is 4.53. The van der Waals surface area contributed by atoms with Crippen LogP contribution >= 0.6 is 0 Å². The monoisotopic (exact) mass is 418 g/mol. The third-order valence-corrected chi connectivity index (χ3v) is 5.69. The van der Waals surface area contributed by atoms with Crippen LogP contribution in [0.15, 0.2) is 54.6 Å². The molecule has 0 aliphatic carbocycles. The molecule has 2 aromatic carbocycles. The first-order valence-electron chi connectivity index (χ1n) is 11.0. The topological polar surface area (TPSA) is 61.5 Å². The van der Waals surface area contributed by atoms with E-state index < -0.39 is 0 Å². The first-order chi connectivity index (χ1) is 15.1. The van der Waals surface area contributed by atoms with E-state index in [0.29, 0.717) is 18.8 Å². The number of anilines is 1. The Bertz CT molecular complexity index is 987. The van der Waals surface area contributed by atoms with E-state index in [9.17, 15) is 4.79 Å². The molecule has 6 nitrogen and oxygen atoms in total. The van der Waals surface area contributed by atoms with Crippen molar-refractivity contribution < 1.29 is 9.53 Å². The molecule has 1 aliphatic heterocycles. The van der Waals surface area contributed by atoms with E-state index in [-0.39, 0.29) is 5.91 Å². The van der Waals surface area contributed by atoms with E-state index in [4.69, 9.17) is 4.74 Å². The molecule has 4 rings (SSSR count). The fourth-order valence-corrected chi connectivity index (χ4v) is 3.73. The summed E-state index contributed by atoms with van der Waals surface area (Å²) in [5, 5.41) is 7.28. The van der Waals surface area contributed by atoms with E-state index >= 15 is 0 Å². The molecule has 1 fully saturated rings. The van der Waals surface area contributed by atoms with Crippen LogP contribution in [0.5, 0.6) is 5.75 Å². The van der Waals surface area contributed by atoms with Gasteiger partial charge >= 0.3 is 0 Å². The van der Waals surface area contributed by atoms with E-state index in [1.165, 1.54) is 11.3 Å². The van der Waals surface area contributed by atoms with Gasteiger partial charge in [0.25, 0.3) is 5.91 Å². The molecule has 0 radical (unpaired) electrons. The predicted molar refractivity (Wildman–Crippen MR) is 124 cm³/mol. The SMILES string of the molecule is CCCCOc1ccc(-c2cc(C(=O)N3CCN(c4ccc(C)cc4)CC3)[nH]n2)cc1. The molecule has 0 unspecified atom stereocenters. The lowest BCUT2D eigenvalue weighted by Crippen LogP contribution is -2.48. The summed E-state index contributed by atoms with van der Waals surface area (Å²) in [7, 11) is 0. The second kappa shape index (κ2) is 9.69. The van der Waals surface area contributed by atoms with Gasteiger partial charge in [0.1, 0.15) is 11.4 Å². The van der Waals surface area contributed by atoms with Crippen LogP contribution in [0.2, 0.25) is 0 Å². The zero-order chi connectivity index (χ0) is 21.6. The fraction of sp³-hybridized carbons (Fsp3) is 0.360. The number of aromatic amines is 1. The van der Waals surface area contributed by atoms with Crippen LogP contribution in [0.25, 0.3) is 11.3 Å². The lowest BCUT2D eigenvalue weighted by molar-refractivity contribution is 0.0741. The summed E-state index contributed by atoms with van der Waals surface area (Å²) in [6, 6.07) is 18.2. The van der Waals surface area contributed by atoms with Gasteiger partial charge in [-0.3, -0.25) is 9.89 Å². The Labute approximate surface area is 183 Å². The number of nitrogens with one attached hydrogen (secondary N) is 1. The van der Waals surface area contributed by atoms with Crippen LogP contribution in [0.4, 0.5) is 5.69 Å². The van der Waals surface area contributed by atoms with Crippen LogP contribution in [0.3, 0.4) is 0 Å². The zero-order valence-electron chi connectivity index (χ0n) is 18.3. The number of piperazine rings is 1. The van der Waals surface area contributed by atoms with E-state index in [0.717, 1.165) is 49.5 Å². The number of unbranched alkanes of at least 4 members (excludes halogenated alkanes) is 1. The molecule has 0 spiro atoms. The Kier molecular flexibility index (Phi) is 6.55. The molecule has 0 saturated carbocycles. The third-order valence-electron chi connectivity index (χ3n) is 5.69. The van der Waals surface area contributed by atoms with E-state index in [2.05, 4.69) is 53.2 Å². The molecule has 162 valence electrons. The molecule has 1 aromatic heterocycles. The summed E-state index contributed by atoms with van der Waals surface area (Å²) in [6.45, 7) is 8.02. The number of amides is 1. The number of aryl methyl sites for hydroxylation is 1. The Morgan fingerprint density at radius 2 is 1.74 bits per heavy atom. The van der Waals surface area contributed by atoms with Crippen molar-refractivity contribution in [1.82, 2.24) is 15.1 Å². The third kappa shape index (κ3) is 5.08. The van der Waals surface area contributed by atoms with Gasteiger partial charge in [0, 0.05) is 37.4 Å². The Balaban J connectivity index is 1.34. The van der Waals surface area contributed by atoms with Gasteiger partial charge in [-0.1, -0.05) is 31.0 Å². The minimum Gasteiger partial charge on any atom is -0.494 e. The van der Waals surface area contributed by atoms with Gasteiger partial charge in [-0.05, 0) is 55.8 Å². The van der Waals surface area contributed by atoms with Gasteiger partial charge in [0.05, 0.1) is 12.3 Å². The van der Waals surface area contributed by atoms with Crippen molar-refractivity contribution >= 4 is 11.6 Å². The highest BCUT2D eigenvalue weighted by molar-refractivity contribution is 5.93. The van der Waals surface area contributed by atoms with E-state index in [1.807, 2.05) is 35.2 Å². The van der Waals surface area contributed by atoms with Crippen molar-refractivity contribution in [1.29, 1.82) is 0 Å². The van der Waals surface area contributed by atoms with Crippen LogP contribution in [0, 0.1) is 6.92 Å². The molecule has 1 saturated heterocycles. The van der Waals surface area contributed by atoms with Crippen molar-refractivity contribution in [3.8, 4) is 17.0 Å². The maximum absolute atomic E-state index is 12.9. The van der Waals surface area contributed by atoms with Gasteiger partial charge in [0.2, 0.25) is 0 Å². The molecule has 0 atom stereocenters. The number of hydrogen-bond donors (Lipinski definition) is 1. The molecular weight excluding hydrogens is 388 g/mol. The molecular formula is C25H30N4O2. The van der Waals surface area contributed by atoms with Crippen molar-refractivity contribution in [3.05, 3.63) is 65.9 Å². The molecule has 31 heavy (non-hydrogen) atoms. The van der Waals surface area contributed by atoms with Gasteiger partial charge < -0.3 is 14.5 Å². The number of H-pyrrole nitrogens is 1. The summed E-state index contributed by atoms with van der Waals surface area (Å²) in [5.41, 5.74) is 4.72. The molecule has 1 N–H and O–H groups in total. The smallest absolute Gasteiger partial charge is 0.272 e. The van der Waals surface area contributed by atoms with Gasteiger partial charge in [-0.2, -0.15) is 5.10 Å². The van der Waals surface area contributed by atoms with Gasteiger partial charge in [-0.15, -0.1) is 0 Å². The van der Waals surface area contributed by atoms with Crippen molar-refractivity contribution in [3.63, 3.8) is 0 Å². The Morgan fingerprint density at radius 3 is 2.42 bits per heavy atom. The van der Waals surface area contributed by atoms with Gasteiger partial charge in [0.15, 0.2) is 0 Å². The first kappa shape index (κ1) is 21.0. The van der Waals surface area contributed by atoms with Gasteiger partial charge in [-0.25, -0.2) is 0 Å². The van der Waals surface area contributed by atoms with Crippen LogP contribution in [-0.2, 0) is 0 Å². The number of nitrogens with zero attached hydrogens (tertiary/aromatic N) is 3. The average Bonchev–Trinajstić information content (AvgIpc) is 3.30. The standard InChI is InChI=1S/C25H30N4O2/c1-3-4-17-31-22-11-7-20(8-12-22)23-18-24(27-26-23)25(30)29-15-13-28(14-16-29)21-9-5-19(2)6-10-21/h5-12,18H,3-4,13-17H2,1-2H3,(H,26,27). The van der Waals surface area contributed by atoms with Crippen LogP contribution < -0.4 is 9.64 Å². The van der Waals surface area contributed by atoms with Crippen molar-refractivity contribution in [2.45, 2.75) is 26.7 Å². The highest BCUT2D eigenvalue weighted by atomic mass is 16.5. The summed E-state index contributed by atoms with van der Waals surface area (Å²) in [4.78, 5) is 17.2. The van der Waals surface area contributed by atoms with Crippen molar-refractivity contribution in [2.75, 3.05) is 37.7 Å². The lowest BCUT2D eigenvalue weighted by atomic mass is 10.1.